The van der Waals surface area contributed by atoms with Gasteiger partial charge in [-0.3, -0.25) is 14.6 Å². The van der Waals surface area contributed by atoms with E-state index < -0.39 is 0 Å². The fourth-order valence-corrected chi connectivity index (χ4v) is 2.09. The van der Waals surface area contributed by atoms with E-state index in [2.05, 4.69) is 22.5 Å². The molecular formula is C18H21N3O2. The molecule has 0 atom stereocenters. The molecule has 23 heavy (non-hydrogen) atoms. The van der Waals surface area contributed by atoms with Crippen molar-refractivity contribution >= 4 is 17.5 Å². The van der Waals surface area contributed by atoms with Gasteiger partial charge in [-0.1, -0.05) is 38.0 Å². The average molecular weight is 311 g/mol. The molecule has 0 unspecified atom stereocenters. The Balaban J connectivity index is 1.98. The van der Waals surface area contributed by atoms with Gasteiger partial charge in [0.2, 0.25) is 0 Å². The Morgan fingerprint density at radius 2 is 1.70 bits per heavy atom. The second-order valence-corrected chi connectivity index (χ2v) is 5.25. The second kappa shape index (κ2) is 8.68. The van der Waals surface area contributed by atoms with E-state index >= 15 is 0 Å². The highest BCUT2D eigenvalue weighted by atomic mass is 16.2. The number of rotatable bonds is 7. The topological polar surface area (TPSA) is 71.1 Å². The number of nitrogens with zero attached hydrogens (tertiary/aromatic N) is 1. The smallest absolute Gasteiger partial charge is 0.257 e. The van der Waals surface area contributed by atoms with Crippen molar-refractivity contribution in [3.8, 4) is 0 Å². The lowest BCUT2D eigenvalue weighted by Gasteiger charge is -2.07. The van der Waals surface area contributed by atoms with Gasteiger partial charge in [0.15, 0.2) is 0 Å². The minimum absolute atomic E-state index is 0.206. The molecular weight excluding hydrogens is 290 g/mol. The number of anilines is 1. The van der Waals surface area contributed by atoms with Crippen LogP contribution in [0.1, 0.15) is 46.9 Å². The van der Waals surface area contributed by atoms with Crippen LogP contribution in [-0.4, -0.2) is 23.3 Å². The Labute approximate surface area is 136 Å². The number of pyridine rings is 1. The molecule has 0 radical (unpaired) electrons. The summed E-state index contributed by atoms with van der Waals surface area (Å²) in [6.07, 6.45) is 6.05. The third-order valence-corrected chi connectivity index (χ3v) is 3.36. The summed E-state index contributed by atoms with van der Waals surface area (Å²) in [5.41, 5.74) is 1.45. The zero-order chi connectivity index (χ0) is 16.5. The normalized spacial score (nSPS) is 10.1. The highest BCUT2D eigenvalue weighted by Gasteiger charge is 2.11. The number of nitrogens with one attached hydrogen (secondary N) is 2. The molecule has 5 nitrogen and oxygen atoms in total. The molecule has 0 bridgehead atoms. The van der Waals surface area contributed by atoms with E-state index in [1.165, 1.54) is 12.4 Å². The van der Waals surface area contributed by atoms with Gasteiger partial charge in [-0.2, -0.15) is 0 Å². The van der Waals surface area contributed by atoms with Crippen LogP contribution in [0.25, 0.3) is 0 Å². The number of hydrogen-bond acceptors (Lipinski definition) is 3. The maximum absolute atomic E-state index is 12.2. The molecule has 2 aromatic rings. The molecule has 0 aliphatic rings. The number of hydrogen-bond donors (Lipinski definition) is 2. The molecule has 2 rings (SSSR count). The van der Waals surface area contributed by atoms with Crippen molar-refractivity contribution in [3.63, 3.8) is 0 Å². The van der Waals surface area contributed by atoms with Gasteiger partial charge >= 0.3 is 0 Å². The first kappa shape index (κ1) is 16.7. The Bertz CT molecular complexity index is 656. The fraction of sp³-hybridized carbons (Fsp3) is 0.278. The van der Waals surface area contributed by atoms with Crippen LogP contribution in [0.3, 0.4) is 0 Å². The Morgan fingerprint density at radius 3 is 2.39 bits per heavy atom. The molecule has 1 aromatic heterocycles. The zero-order valence-corrected chi connectivity index (χ0v) is 13.2. The number of unbranched alkanes of at least 4 members (excludes halogenated alkanes) is 2. The van der Waals surface area contributed by atoms with Gasteiger partial charge in [0.05, 0.1) is 11.1 Å². The summed E-state index contributed by atoms with van der Waals surface area (Å²) in [5, 5.41) is 5.61. The monoisotopic (exact) mass is 311 g/mol. The third-order valence-electron chi connectivity index (χ3n) is 3.36. The molecule has 0 spiro atoms. The fourth-order valence-electron chi connectivity index (χ4n) is 2.09. The third kappa shape index (κ3) is 5.21. The van der Waals surface area contributed by atoms with E-state index in [1.807, 2.05) is 18.2 Å². The highest BCUT2D eigenvalue weighted by molar-refractivity contribution is 6.05. The zero-order valence-electron chi connectivity index (χ0n) is 13.2. The van der Waals surface area contributed by atoms with Crippen molar-refractivity contribution in [1.29, 1.82) is 0 Å². The summed E-state index contributed by atoms with van der Waals surface area (Å²) < 4.78 is 0. The first-order chi connectivity index (χ1) is 11.2. The van der Waals surface area contributed by atoms with E-state index in [-0.39, 0.29) is 11.8 Å². The van der Waals surface area contributed by atoms with Gasteiger partial charge in [-0.05, 0) is 24.6 Å². The predicted octanol–water partition coefficient (Wildman–Crippen LogP) is 3.25. The maximum Gasteiger partial charge on any atom is 0.257 e. The van der Waals surface area contributed by atoms with Crippen LogP contribution in [0.5, 0.6) is 0 Å². The first-order valence-electron chi connectivity index (χ1n) is 7.80. The van der Waals surface area contributed by atoms with Gasteiger partial charge in [-0.15, -0.1) is 0 Å². The van der Waals surface area contributed by atoms with Crippen LogP contribution in [-0.2, 0) is 0 Å². The van der Waals surface area contributed by atoms with Crippen molar-refractivity contribution in [2.45, 2.75) is 26.2 Å². The SMILES string of the molecule is CCCCCNC(=O)c1cncc(C(=O)Nc2ccccc2)c1. The minimum Gasteiger partial charge on any atom is -0.352 e. The summed E-state index contributed by atoms with van der Waals surface area (Å²) >= 11 is 0. The van der Waals surface area contributed by atoms with Gasteiger partial charge in [0, 0.05) is 24.6 Å². The second-order valence-electron chi connectivity index (χ2n) is 5.25. The standard InChI is InChI=1S/C18H21N3O2/c1-2-3-7-10-20-17(22)14-11-15(13-19-12-14)18(23)21-16-8-5-4-6-9-16/h4-6,8-9,11-13H,2-3,7,10H2,1H3,(H,20,22)(H,21,23). The van der Waals surface area contributed by atoms with Gasteiger partial charge < -0.3 is 10.6 Å². The number of carbonyl (C=O) groups is 2. The van der Waals surface area contributed by atoms with Gasteiger partial charge in [0.25, 0.3) is 11.8 Å². The lowest BCUT2D eigenvalue weighted by atomic mass is 10.1. The maximum atomic E-state index is 12.2. The van der Waals surface area contributed by atoms with Crippen molar-refractivity contribution in [1.82, 2.24) is 10.3 Å². The number of amides is 2. The van der Waals surface area contributed by atoms with Gasteiger partial charge in [-0.25, -0.2) is 0 Å². The van der Waals surface area contributed by atoms with E-state index in [0.29, 0.717) is 23.4 Å². The van der Waals surface area contributed by atoms with Crippen LogP contribution in [0.2, 0.25) is 0 Å². The summed E-state index contributed by atoms with van der Waals surface area (Å²) in [5.74, 6) is -0.493. The number of benzene rings is 1. The number of para-hydroxylation sites is 1. The van der Waals surface area contributed by atoms with Crippen molar-refractivity contribution < 1.29 is 9.59 Å². The molecule has 0 fully saturated rings. The summed E-state index contributed by atoms with van der Waals surface area (Å²) in [7, 11) is 0. The van der Waals surface area contributed by atoms with Crippen LogP contribution in [0.15, 0.2) is 48.8 Å². The van der Waals surface area contributed by atoms with Crippen LogP contribution >= 0.6 is 0 Å². The summed E-state index contributed by atoms with van der Waals surface area (Å²) in [6.45, 7) is 2.74. The van der Waals surface area contributed by atoms with Crippen molar-refractivity contribution in [2.75, 3.05) is 11.9 Å². The van der Waals surface area contributed by atoms with E-state index in [1.54, 1.807) is 18.2 Å². The predicted molar refractivity (Wildman–Crippen MR) is 90.5 cm³/mol. The molecule has 5 heteroatoms. The van der Waals surface area contributed by atoms with Crippen molar-refractivity contribution in [3.05, 3.63) is 59.9 Å². The van der Waals surface area contributed by atoms with Gasteiger partial charge in [0.1, 0.15) is 0 Å². The Hall–Kier alpha value is -2.69. The van der Waals surface area contributed by atoms with E-state index in [9.17, 15) is 9.59 Å². The Morgan fingerprint density at radius 1 is 1.00 bits per heavy atom. The van der Waals surface area contributed by atoms with Crippen LogP contribution < -0.4 is 10.6 Å². The molecule has 1 heterocycles. The lowest BCUT2D eigenvalue weighted by molar-refractivity contribution is 0.0952. The number of aromatic nitrogens is 1. The summed E-state index contributed by atoms with van der Waals surface area (Å²) in [4.78, 5) is 28.3. The lowest BCUT2D eigenvalue weighted by Crippen LogP contribution is -2.25. The Kier molecular flexibility index (Phi) is 6.29. The molecule has 0 aliphatic carbocycles. The highest BCUT2D eigenvalue weighted by Crippen LogP contribution is 2.09. The molecule has 120 valence electrons. The first-order valence-corrected chi connectivity index (χ1v) is 7.80. The largest absolute Gasteiger partial charge is 0.352 e. The molecule has 2 amide bonds. The van der Waals surface area contributed by atoms with Crippen LogP contribution in [0, 0.1) is 0 Å². The molecule has 1 aromatic carbocycles. The summed E-state index contributed by atoms with van der Waals surface area (Å²) in [6, 6.07) is 10.7. The minimum atomic E-state index is -0.288. The quantitative estimate of drug-likeness (QED) is 0.771. The molecule has 2 N–H and O–H groups in total. The number of carbonyl (C=O) groups excluding carboxylic acids is 2. The van der Waals surface area contributed by atoms with E-state index in [0.717, 1.165) is 19.3 Å². The van der Waals surface area contributed by atoms with Crippen molar-refractivity contribution in [2.24, 2.45) is 0 Å². The molecule has 0 aliphatic heterocycles. The molecule has 0 saturated carbocycles. The molecule has 0 saturated heterocycles. The van der Waals surface area contributed by atoms with Crippen LogP contribution in [0.4, 0.5) is 5.69 Å². The van der Waals surface area contributed by atoms with E-state index in [4.69, 9.17) is 0 Å². The average Bonchev–Trinajstić information content (AvgIpc) is 2.59.